The second-order valence-corrected chi connectivity index (χ2v) is 5.17. The molecule has 2 bridgehead atoms. The van der Waals surface area contributed by atoms with Crippen LogP contribution in [-0.2, 0) is 9.59 Å². The molecule has 4 N–H and O–H groups in total. The first-order chi connectivity index (χ1) is 6.57. The highest BCUT2D eigenvalue weighted by Crippen LogP contribution is 2.49. The molecule has 0 aromatic heterocycles. The minimum atomic E-state index is -1.20. The summed E-state index contributed by atoms with van der Waals surface area (Å²) in [6, 6.07) is 0. The molecule has 2 unspecified atom stereocenters. The van der Waals surface area contributed by atoms with Crippen molar-refractivity contribution in [1.29, 1.82) is 0 Å². The van der Waals surface area contributed by atoms with Gasteiger partial charge in [0.1, 0.15) is 0 Å². The van der Waals surface area contributed by atoms with Gasteiger partial charge in [-0.25, -0.2) is 0 Å². The number of amides is 2. The summed E-state index contributed by atoms with van der Waals surface area (Å²) in [5.41, 5.74) is 10.6. The van der Waals surface area contributed by atoms with E-state index < -0.39 is 16.6 Å². The van der Waals surface area contributed by atoms with E-state index in [2.05, 4.69) is 0 Å². The van der Waals surface area contributed by atoms with Gasteiger partial charge in [-0.1, -0.05) is 12.2 Å². The van der Waals surface area contributed by atoms with Crippen LogP contribution in [0.1, 0.15) is 12.8 Å². The number of primary amides is 2. The molecule has 2 aliphatic heterocycles. The third kappa shape index (κ3) is 1.08. The van der Waals surface area contributed by atoms with Gasteiger partial charge < -0.3 is 11.5 Å². The molecule has 4 nitrogen and oxygen atoms in total. The molecule has 3 aliphatic rings. The normalized spacial score (nSPS) is 32.9. The van der Waals surface area contributed by atoms with Gasteiger partial charge in [0.15, 0.2) is 4.75 Å². The van der Waals surface area contributed by atoms with Crippen LogP contribution in [0.25, 0.3) is 0 Å². The molecule has 0 saturated carbocycles. The second kappa shape index (κ2) is 3.02. The molecule has 0 aromatic rings. The number of fused-ring (bicyclic) bond motifs is 2. The van der Waals surface area contributed by atoms with Crippen molar-refractivity contribution in [3.8, 4) is 0 Å². The molecule has 3 rings (SSSR count). The zero-order valence-corrected chi connectivity index (χ0v) is 8.42. The first-order valence-electron chi connectivity index (χ1n) is 4.53. The van der Waals surface area contributed by atoms with E-state index in [1.807, 2.05) is 12.2 Å². The summed E-state index contributed by atoms with van der Waals surface area (Å²) in [5.74, 6) is -1.32. The van der Waals surface area contributed by atoms with Gasteiger partial charge >= 0.3 is 0 Å². The molecule has 0 aromatic carbocycles. The van der Waals surface area contributed by atoms with Crippen LogP contribution < -0.4 is 11.5 Å². The third-order valence-corrected chi connectivity index (χ3v) is 4.68. The predicted molar refractivity (Wildman–Crippen MR) is 54.4 cm³/mol. The van der Waals surface area contributed by atoms with Crippen molar-refractivity contribution in [1.82, 2.24) is 0 Å². The maximum atomic E-state index is 11.4. The van der Waals surface area contributed by atoms with Crippen LogP contribution in [-0.4, -0.2) is 21.8 Å². The summed E-state index contributed by atoms with van der Waals surface area (Å²) in [5, 5.41) is 0.208. The molecule has 14 heavy (non-hydrogen) atoms. The first-order valence-corrected chi connectivity index (χ1v) is 5.41. The molecule has 2 heterocycles. The van der Waals surface area contributed by atoms with Crippen LogP contribution in [0.5, 0.6) is 0 Å². The lowest BCUT2D eigenvalue weighted by atomic mass is 9.81. The summed E-state index contributed by atoms with van der Waals surface area (Å²) in [6.07, 6.45) is 5.75. The van der Waals surface area contributed by atoms with Crippen molar-refractivity contribution in [2.24, 2.45) is 17.4 Å². The Balaban J connectivity index is 2.43. The fourth-order valence-corrected chi connectivity index (χ4v) is 3.66. The van der Waals surface area contributed by atoms with E-state index in [1.54, 1.807) is 0 Å². The molecule has 0 spiro atoms. The molecule has 1 saturated heterocycles. The smallest absolute Gasteiger partial charge is 0.243 e. The quantitative estimate of drug-likeness (QED) is 0.490. The topological polar surface area (TPSA) is 86.2 Å². The number of hydrogen-bond acceptors (Lipinski definition) is 3. The van der Waals surface area contributed by atoms with Crippen molar-refractivity contribution >= 4 is 23.6 Å². The fourth-order valence-electron chi connectivity index (χ4n) is 2.16. The number of thioether (sulfide) groups is 1. The molecule has 2 atom stereocenters. The molecular formula is C9H12N2O2S. The monoisotopic (exact) mass is 212 g/mol. The van der Waals surface area contributed by atoms with E-state index in [1.165, 1.54) is 11.8 Å². The molecule has 5 heteroatoms. The van der Waals surface area contributed by atoms with Crippen LogP contribution in [0.4, 0.5) is 0 Å². The van der Waals surface area contributed by atoms with Crippen molar-refractivity contribution in [3.05, 3.63) is 12.2 Å². The molecule has 1 fully saturated rings. The van der Waals surface area contributed by atoms with Crippen molar-refractivity contribution < 1.29 is 9.59 Å². The van der Waals surface area contributed by atoms with Gasteiger partial charge in [-0.3, -0.25) is 9.59 Å². The Hall–Kier alpha value is -0.970. The number of carbonyl (C=O) groups excluding carboxylic acids is 2. The second-order valence-electron chi connectivity index (χ2n) is 3.69. The van der Waals surface area contributed by atoms with Gasteiger partial charge in [-0.05, 0) is 12.8 Å². The van der Waals surface area contributed by atoms with E-state index in [9.17, 15) is 9.59 Å². The first kappa shape index (κ1) is 9.58. The Morgan fingerprint density at radius 2 is 1.86 bits per heavy atom. The highest BCUT2D eigenvalue weighted by atomic mass is 32.2. The summed E-state index contributed by atoms with van der Waals surface area (Å²) in [6.45, 7) is 0. The maximum absolute atomic E-state index is 11.4. The standard InChI is InChI=1S/C9H12N2O2S/c10-7(12)9(8(11)13)5-1-3-6(14-9)4-2-5/h1,3,5-6H,2,4H2,(H2,10,12)(H2,11,13). The predicted octanol–water partition coefficient (Wildman–Crippen LogP) is -0.223. The van der Waals surface area contributed by atoms with E-state index in [4.69, 9.17) is 11.5 Å². The van der Waals surface area contributed by atoms with Gasteiger partial charge in [0.25, 0.3) is 0 Å². The van der Waals surface area contributed by atoms with E-state index in [0.717, 1.165) is 12.8 Å². The number of nitrogens with two attached hydrogens (primary N) is 2. The number of allylic oxidation sites excluding steroid dienone is 1. The zero-order chi connectivity index (χ0) is 10.3. The number of hydrogen-bond donors (Lipinski definition) is 2. The average molecular weight is 212 g/mol. The average Bonchev–Trinajstić information content (AvgIpc) is 2.18. The van der Waals surface area contributed by atoms with Crippen LogP contribution in [0, 0.1) is 5.92 Å². The number of rotatable bonds is 2. The largest absolute Gasteiger partial charge is 0.368 e. The lowest BCUT2D eigenvalue weighted by molar-refractivity contribution is -0.131. The minimum Gasteiger partial charge on any atom is -0.368 e. The SMILES string of the molecule is NC(=O)C1(C(N)=O)SC2C=CC1CC2. The van der Waals surface area contributed by atoms with Crippen molar-refractivity contribution in [2.45, 2.75) is 22.8 Å². The van der Waals surface area contributed by atoms with Gasteiger partial charge in [-0.2, -0.15) is 0 Å². The van der Waals surface area contributed by atoms with Gasteiger partial charge in [0.2, 0.25) is 11.8 Å². The van der Waals surface area contributed by atoms with E-state index >= 15 is 0 Å². The Labute approximate surface area is 86.1 Å². The minimum absolute atomic E-state index is 0.118. The molecule has 1 aliphatic carbocycles. The molecule has 0 radical (unpaired) electrons. The summed E-state index contributed by atoms with van der Waals surface area (Å²) < 4.78 is -1.20. The maximum Gasteiger partial charge on any atom is 0.243 e. The van der Waals surface area contributed by atoms with Crippen molar-refractivity contribution in [2.75, 3.05) is 0 Å². The van der Waals surface area contributed by atoms with Gasteiger partial charge in [0, 0.05) is 11.2 Å². The van der Waals surface area contributed by atoms with Crippen LogP contribution in [0.3, 0.4) is 0 Å². The van der Waals surface area contributed by atoms with Crippen LogP contribution in [0.15, 0.2) is 12.2 Å². The lowest BCUT2D eigenvalue weighted by Gasteiger charge is -2.43. The van der Waals surface area contributed by atoms with Crippen molar-refractivity contribution in [3.63, 3.8) is 0 Å². The summed E-state index contributed by atoms with van der Waals surface area (Å²) in [4.78, 5) is 22.7. The summed E-state index contributed by atoms with van der Waals surface area (Å²) >= 11 is 1.31. The lowest BCUT2D eigenvalue weighted by Crippen LogP contribution is -2.59. The third-order valence-electron chi connectivity index (χ3n) is 2.91. The Morgan fingerprint density at radius 3 is 2.07 bits per heavy atom. The van der Waals surface area contributed by atoms with E-state index in [0.29, 0.717) is 0 Å². The molecule has 76 valence electrons. The highest BCUT2D eigenvalue weighted by molar-refractivity contribution is 8.03. The number of carbonyl (C=O) groups is 2. The summed E-state index contributed by atoms with van der Waals surface area (Å²) in [7, 11) is 0. The molecular weight excluding hydrogens is 200 g/mol. The highest BCUT2D eigenvalue weighted by Gasteiger charge is 2.54. The Kier molecular flexibility index (Phi) is 2.06. The Morgan fingerprint density at radius 1 is 1.21 bits per heavy atom. The Bertz CT molecular complexity index is 313. The van der Waals surface area contributed by atoms with Gasteiger partial charge in [0.05, 0.1) is 0 Å². The van der Waals surface area contributed by atoms with Gasteiger partial charge in [-0.15, -0.1) is 11.8 Å². The van der Waals surface area contributed by atoms with Crippen LogP contribution >= 0.6 is 11.8 Å². The van der Waals surface area contributed by atoms with Crippen LogP contribution in [0.2, 0.25) is 0 Å². The molecule has 2 amide bonds. The fraction of sp³-hybridized carbons (Fsp3) is 0.556. The van der Waals surface area contributed by atoms with E-state index in [-0.39, 0.29) is 11.2 Å². The zero-order valence-electron chi connectivity index (χ0n) is 7.60.